The highest BCUT2D eigenvalue weighted by Crippen LogP contribution is 2.21. The van der Waals surface area contributed by atoms with E-state index >= 15 is 0 Å². The largest absolute Gasteiger partial charge is 0.314 e. The number of amides is 1. The number of allylic oxidation sites excluding steroid dienone is 1. The van der Waals surface area contributed by atoms with Crippen molar-refractivity contribution in [2.75, 3.05) is 0 Å². The fourth-order valence-electron chi connectivity index (χ4n) is 1.62. The van der Waals surface area contributed by atoms with Crippen LogP contribution in [0.25, 0.3) is 0 Å². The Morgan fingerprint density at radius 1 is 1.43 bits per heavy atom. The van der Waals surface area contributed by atoms with Crippen LogP contribution in [0.2, 0.25) is 0 Å². The van der Waals surface area contributed by atoms with Gasteiger partial charge in [-0.2, -0.15) is 0 Å². The van der Waals surface area contributed by atoms with Crippen LogP contribution in [-0.2, 0) is 0 Å². The first-order valence-corrected chi connectivity index (χ1v) is 4.21. The molecule has 3 rings (SSSR count). The summed E-state index contributed by atoms with van der Waals surface area (Å²) >= 11 is 0. The van der Waals surface area contributed by atoms with E-state index in [1.807, 2.05) is 6.08 Å². The second kappa shape index (κ2) is 2.47. The number of fused-ring (bicyclic) bond motifs is 3. The lowest BCUT2D eigenvalue weighted by molar-refractivity contribution is 0.0989. The number of hydrogen-bond donors (Lipinski definition) is 0. The summed E-state index contributed by atoms with van der Waals surface area (Å²) in [5.41, 5.74) is 1.20. The number of imidazole rings is 1. The first-order valence-electron chi connectivity index (χ1n) is 4.21. The lowest BCUT2D eigenvalue weighted by Crippen LogP contribution is -2.28. The van der Waals surface area contributed by atoms with Gasteiger partial charge in [0, 0.05) is 6.20 Å². The Balaban J connectivity index is 2.23. The van der Waals surface area contributed by atoms with Crippen molar-refractivity contribution in [1.29, 1.82) is 0 Å². The molecule has 1 amide bonds. The number of nitrogens with zero attached hydrogens (tertiary/aromatic N) is 4. The van der Waals surface area contributed by atoms with Gasteiger partial charge in [0.15, 0.2) is 0 Å². The Hall–Kier alpha value is -2.04. The number of aliphatic imine (C=N–C) groups is 2. The minimum absolute atomic E-state index is 0.0253. The van der Waals surface area contributed by atoms with Gasteiger partial charge >= 0.3 is 0 Å². The molecular weight excluding hydrogens is 180 g/mol. The summed E-state index contributed by atoms with van der Waals surface area (Å²) in [5, 5.41) is 0. The molecule has 0 aromatic carbocycles. The van der Waals surface area contributed by atoms with Crippen molar-refractivity contribution in [3.05, 3.63) is 30.5 Å². The van der Waals surface area contributed by atoms with E-state index in [0.29, 0.717) is 11.4 Å². The minimum Gasteiger partial charge on any atom is -0.314 e. The Bertz CT molecular complexity index is 495. The van der Waals surface area contributed by atoms with E-state index in [4.69, 9.17) is 0 Å². The van der Waals surface area contributed by atoms with E-state index in [1.54, 1.807) is 23.3 Å². The van der Waals surface area contributed by atoms with Crippen molar-refractivity contribution in [2.45, 2.75) is 6.04 Å². The summed E-state index contributed by atoms with van der Waals surface area (Å²) in [7, 11) is 0. The SMILES string of the molecule is O=C1N=C2C=NC=CC2n2cncc21. The zero-order valence-corrected chi connectivity index (χ0v) is 7.16. The van der Waals surface area contributed by atoms with E-state index in [1.165, 1.54) is 6.20 Å². The molecule has 0 spiro atoms. The van der Waals surface area contributed by atoms with Crippen LogP contribution in [0.4, 0.5) is 0 Å². The van der Waals surface area contributed by atoms with Crippen molar-refractivity contribution in [1.82, 2.24) is 9.55 Å². The summed E-state index contributed by atoms with van der Waals surface area (Å²) in [5.74, 6) is -0.254. The monoisotopic (exact) mass is 186 g/mol. The van der Waals surface area contributed by atoms with Crippen LogP contribution < -0.4 is 0 Å². The molecular formula is C9H6N4O. The van der Waals surface area contributed by atoms with E-state index in [9.17, 15) is 4.79 Å². The third kappa shape index (κ3) is 0.834. The number of carbonyl (C=O) groups is 1. The Labute approximate surface area is 79.5 Å². The molecule has 1 atom stereocenters. The van der Waals surface area contributed by atoms with Gasteiger partial charge in [0.05, 0.1) is 30.5 Å². The molecule has 0 fully saturated rings. The normalized spacial score (nSPS) is 23.0. The average molecular weight is 186 g/mol. The molecule has 0 saturated heterocycles. The van der Waals surface area contributed by atoms with Gasteiger partial charge in [-0.3, -0.25) is 9.79 Å². The summed E-state index contributed by atoms with van der Waals surface area (Å²) in [6.45, 7) is 0. The Morgan fingerprint density at radius 3 is 3.29 bits per heavy atom. The summed E-state index contributed by atoms with van der Waals surface area (Å²) in [6, 6.07) is -0.0253. The van der Waals surface area contributed by atoms with Gasteiger partial charge in [-0.25, -0.2) is 9.98 Å². The third-order valence-corrected chi connectivity index (χ3v) is 2.28. The quantitative estimate of drug-likeness (QED) is 0.596. The smallest absolute Gasteiger partial charge is 0.295 e. The highest BCUT2D eigenvalue weighted by Gasteiger charge is 2.26. The molecule has 5 heteroatoms. The molecule has 2 aliphatic rings. The maximum absolute atomic E-state index is 11.5. The fraction of sp³-hybridized carbons (Fsp3) is 0.111. The maximum atomic E-state index is 11.5. The zero-order valence-electron chi connectivity index (χ0n) is 7.16. The predicted octanol–water partition coefficient (Wildman–Crippen LogP) is 0.617. The van der Waals surface area contributed by atoms with Crippen LogP contribution in [-0.4, -0.2) is 27.4 Å². The standard InChI is InChI=1S/C9H6N4O/c14-9-8-4-11-5-13(8)7-1-2-10-3-6(7)12-9/h1-5,7H. The van der Waals surface area contributed by atoms with Crippen molar-refractivity contribution >= 4 is 17.8 Å². The highest BCUT2D eigenvalue weighted by atomic mass is 16.1. The topological polar surface area (TPSA) is 59.6 Å². The van der Waals surface area contributed by atoms with Crippen molar-refractivity contribution in [2.24, 2.45) is 9.98 Å². The molecule has 3 heterocycles. The number of aromatic nitrogens is 2. The zero-order chi connectivity index (χ0) is 9.54. The molecule has 0 bridgehead atoms. The van der Waals surface area contributed by atoms with Crippen LogP contribution in [0.1, 0.15) is 16.5 Å². The molecule has 0 saturated carbocycles. The van der Waals surface area contributed by atoms with Crippen molar-refractivity contribution < 1.29 is 4.79 Å². The van der Waals surface area contributed by atoms with E-state index in [-0.39, 0.29) is 11.9 Å². The second-order valence-electron chi connectivity index (χ2n) is 3.09. The number of rotatable bonds is 0. The molecule has 0 N–H and O–H groups in total. The third-order valence-electron chi connectivity index (χ3n) is 2.28. The number of hydrogen-bond acceptors (Lipinski definition) is 3. The van der Waals surface area contributed by atoms with E-state index in [0.717, 1.165) is 0 Å². The summed E-state index contributed by atoms with van der Waals surface area (Å²) in [4.78, 5) is 23.3. The molecule has 5 nitrogen and oxygen atoms in total. The van der Waals surface area contributed by atoms with Crippen LogP contribution >= 0.6 is 0 Å². The molecule has 0 aliphatic carbocycles. The average Bonchev–Trinajstić information content (AvgIpc) is 2.67. The van der Waals surface area contributed by atoms with Crippen LogP contribution in [0.3, 0.4) is 0 Å². The predicted molar refractivity (Wildman–Crippen MR) is 50.7 cm³/mol. The van der Waals surface area contributed by atoms with Gasteiger partial charge in [0.1, 0.15) is 5.69 Å². The Morgan fingerprint density at radius 2 is 2.36 bits per heavy atom. The lowest BCUT2D eigenvalue weighted by atomic mass is 10.1. The number of carbonyl (C=O) groups excluding carboxylic acids is 1. The molecule has 14 heavy (non-hydrogen) atoms. The maximum Gasteiger partial charge on any atom is 0.295 e. The summed E-state index contributed by atoms with van der Waals surface area (Å²) < 4.78 is 1.80. The van der Waals surface area contributed by atoms with Gasteiger partial charge in [-0.05, 0) is 6.08 Å². The lowest BCUT2D eigenvalue weighted by Gasteiger charge is -2.21. The van der Waals surface area contributed by atoms with Crippen LogP contribution in [0, 0.1) is 0 Å². The van der Waals surface area contributed by atoms with Crippen molar-refractivity contribution in [3.8, 4) is 0 Å². The first-order chi connectivity index (χ1) is 6.86. The molecule has 1 aromatic heterocycles. The summed E-state index contributed by atoms with van der Waals surface area (Å²) in [6.07, 6.45) is 8.35. The first kappa shape index (κ1) is 7.37. The molecule has 0 radical (unpaired) electrons. The fourth-order valence-corrected chi connectivity index (χ4v) is 1.62. The minimum atomic E-state index is -0.254. The van der Waals surface area contributed by atoms with Crippen LogP contribution in [0.15, 0.2) is 34.8 Å². The second-order valence-corrected chi connectivity index (χ2v) is 3.09. The van der Waals surface area contributed by atoms with Gasteiger partial charge in [0.2, 0.25) is 0 Å². The highest BCUT2D eigenvalue weighted by molar-refractivity contribution is 6.36. The van der Waals surface area contributed by atoms with E-state index < -0.39 is 0 Å². The Kier molecular flexibility index (Phi) is 1.30. The van der Waals surface area contributed by atoms with Crippen LogP contribution in [0.5, 0.6) is 0 Å². The molecule has 1 unspecified atom stereocenters. The molecule has 1 aromatic rings. The van der Waals surface area contributed by atoms with Crippen molar-refractivity contribution in [3.63, 3.8) is 0 Å². The van der Waals surface area contributed by atoms with Gasteiger partial charge in [-0.15, -0.1) is 0 Å². The van der Waals surface area contributed by atoms with Gasteiger partial charge < -0.3 is 4.57 Å². The molecule has 68 valence electrons. The molecule has 2 aliphatic heterocycles. The van der Waals surface area contributed by atoms with Gasteiger partial charge in [-0.1, -0.05) is 0 Å². The van der Waals surface area contributed by atoms with Gasteiger partial charge in [0.25, 0.3) is 5.91 Å². The van der Waals surface area contributed by atoms with E-state index in [2.05, 4.69) is 15.0 Å².